The minimum Gasteiger partial charge on any atom is -0.381 e. The summed E-state index contributed by atoms with van der Waals surface area (Å²) in [4.78, 5) is 11.7. The zero-order chi connectivity index (χ0) is 13.9. The molecule has 0 unspecified atom stereocenters. The SMILES string of the molecule is CC(C)(O)C(=O)Nc1ccc(C2CCCCC2)cc1. The first-order valence-electron chi connectivity index (χ1n) is 7.10. The van der Waals surface area contributed by atoms with Gasteiger partial charge in [-0.25, -0.2) is 0 Å². The molecule has 1 aliphatic rings. The van der Waals surface area contributed by atoms with Crippen LogP contribution in [0.15, 0.2) is 24.3 Å². The van der Waals surface area contributed by atoms with Gasteiger partial charge in [-0.3, -0.25) is 4.79 Å². The van der Waals surface area contributed by atoms with Gasteiger partial charge in [0.05, 0.1) is 0 Å². The Morgan fingerprint density at radius 1 is 1.16 bits per heavy atom. The number of hydrogen-bond acceptors (Lipinski definition) is 2. The van der Waals surface area contributed by atoms with E-state index in [1.54, 1.807) is 0 Å². The summed E-state index contributed by atoms with van der Waals surface area (Å²) in [7, 11) is 0. The zero-order valence-corrected chi connectivity index (χ0v) is 11.8. The summed E-state index contributed by atoms with van der Waals surface area (Å²) in [5.74, 6) is 0.297. The number of hydrogen-bond donors (Lipinski definition) is 2. The van der Waals surface area contributed by atoms with Gasteiger partial charge >= 0.3 is 0 Å². The van der Waals surface area contributed by atoms with E-state index in [-0.39, 0.29) is 5.91 Å². The number of aliphatic hydroxyl groups is 1. The van der Waals surface area contributed by atoms with Gasteiger partial charge in [-0.05, 0) is 50.3 Å². The van der Waals surface area contributed by atoms with Crippen LogP contribution in [0.3, 0.4) is 0 Å². The molecule has 1 amide bonds. The molecule has 0 aromatic heterocycles. The topological polar surface area (TPSA) is 49.3 Å². The number of anilines is 1. The molecule has 1 fully saturated rings. The van der Waals surface area contributed by atoms with Gasteiger partial charge in [0.1, 0.15) is 5.60 Å². The Morgan fingerprint density at radius 2 is 1.74 bits per heavy atom. The highest BCUT2D eigenvalue weighted by molar-refractivity contribution is 5.96. The lowest BCUT2D eigenvalue weighted by Crippen LogP contribution is -2.36. The molecular weight excluding hydrogens is 238 g/mol. The average Bonchev–Trinajstić information content (AvgIpc) is 2.39. The van der Waals surface area contributed by atoms with Crippen LogP contribution < -0.4 is 5.32 Å². The Bertz CT molecular complexity index is 425. The fourth-order valence-electron chi connectivity index (χ4n) is 2.56. The molecule has 0 heterocycles. The number of amides is 1. The molecule has 0 bridgehead atoms. The van der Waals surface area contributed by atoms with Gasteiger partial charge in [-0.15, -0.1) is 0 Å². The fraction of sp³-hybridized carbons (Fsp3) is 0.562. The molecule has 0 aliphatic heterocycles. The van der Waals surface area contributed by atoms with Gasteiger partial charge in [-0.2, -0.15) is 0 Å². The molecule has 0 atom stereocenters. The highest BCUT2D eigenvalue weighted by Crippen LogP contribution is 2.32. The van der Waals surface area contributed by atoms with E-state index >= 15 is 0 Å². The van der Waals surface area contributed by atoms with Crippen LogP contribution in [0.25, 0.3) is 0 Å². The quantitative estimate of drug-likeness (QED) is 0.875. The largest absolute Gasteiger partial charge is 0.381 e. The van der Waals surface area contributed by atoms with Crippen LogP contribution in [0.4, 0.5) is 5.69 Å². The van der Waals surface area contributed by atoms with Crippen LogP contribution in [0.2, 0.25) is 0 Å². The predicted molar refractivity (Wildman–Crippen MR) is 77.2 cm³/mol. The van der Waals surface area contributed by atoms with Crippen molar-refractivity contribution in [2.75, 3.05) is 5.32 Å². The highest BCUT2D eigenvalue weighted by atomic mass is 16.3. The van der Waals surface area contributed by atoms with E-state index in [1.165, 1.54) is 51.5 Å². The monoisotopic (exact) mass is 261 g/mol. The summed E-state index contributed by atoms with van der Waals surface area (Å²) in [6, 6.07) is 8.03. The Labute approximate surface area is 115 Å². The summed E-state index contributed by atoms with van der Waals surface area (Å²) in [6.45, 7) is 2.97. The van der Waals surface area contributed by atoms with E-state index in [2.05, 4.69) is 17.4 Å². The van der Waals surface area contributed by atoms with E-state index < -0.39 is 5.60 Å². The van der Waals surface area contributed by atoms with Gasteiger partial charge < -0.3 is 10.4 Å². The lowest BCUT2D eigenvalue weighted by Gasteiger charge is -2.22. The third-order valence-corrected chi connectivity index (χ3v) is 3.80. The predicted octanol–water partition coefficient (Wildman–Crippen LogP) is 3.44. The maximum Gasteiger partial charge on any atom is 0.255 e. The maximum absolute atomic E-state index is 11.7. The lowest BCUT2D eigenvalue weighted by atomic mass is 9.84. The van der Waals surface area contributed by atoms with Crippen molar-refractivity contribution in [2.45, 2.75) is 57.5 Å². The molecule has 0 saturated heterocycles. The molecule has 3 nitrogen and oxygen atoms in total. The first kappa shape index (κ1) is 14.1. The minimum absolute atomic E-state index is 0.377. The van der Waals surface area contributed by atoms with Gasteiger partial charge in [0.25, 0.3) is 5.91 Å². The molecule has 1 aliphatic carbocycles. The second-order valence-electron chi connectivity index (χ2n) is 5.97. The second-order valence-corrected chi connectivity index (χ2v) is 5.97. The lowest BCUT2D eigenvalue weighted by molar-refractivity contribution is -0.130. The van der Waals surface area contributed by atoms with Crippen LogP contribution in [0.1, 0.15) is 57.4 Å². The smallest absolute Gasteiger partial charge is 0.255 e. The summed E-state index contributed by atoms with van der Waals surface area (Å²) >= 11 is 0. The van der Waals surface area contributed by atoms with Crippen LogP contribution in [-0.4, -0.2) is 16.6 Å². The Morgan fingerprint density at radius 3 is 2.26 bits per heavy atom. The van der Waals surface area contributed by atoms with E-state index in [9.17, 15) is 9.90 Å². The van der Waals surface area contributed by atoms with E-state index in [0.717, 1.165) is 5.69 Å². The van der Waals surface area contributed by atoms with Crippen molar-refractivity contribution in [3.63, 3.8) is 0 Å². The molecule has 1 aromatic rings. The van der Waals surface area contributed by atoms with Crippen molar-refractivity contribution in [1.82, 2.24) is 0 Å². The zero-order valence-electron chi connectivity index (χ0n) is 11.8. The molecule has 1 aromatic carbocycles. The number of carbonyl (C=O) groups is 1. The Balaban J connectivity index is 2.00. The number of benzene rings is 1. The second kappa shape index (κ2) is 5.74. The van der Waals surface area contributed by atoms with Crippen molar-refractivity contribution in [1.29, 1.82) is 0 Å². The molecule has 0 spiro atoms. The number of carbonyl (C=O) groups excluding carboxylic acids is 1. The van der Waals surface area contributed by atoms with Gasteiger partial charge in [0, 0.05) is 5.69 Å². The van der Waals surface area contributed by atoms with E-state index in [0.29, 0.717) is 5.92 Å². The van der Waals surface area contributed by atoms with Crippen LogP contribution >= 0.6 is 0 Å². The standard InChI is InChI=1S/C16H23NO2/c1-16(2,19)15(18)17-14-10-8-13(9-11-14)12-6-4-3-5-7-12/h8-12,19H,3-7H2,1-2H3,(H,17,18). The van der Waals surface area contributed by atoms with E-state index in [4.69, 9.17) is 0 Å². The summed E-state index contributed by atoms with van der Waals surface area (Å²) in [5, 5.41) is 12.3. The van der Waals surface area contributed by atoms with Crippen molar-refractivity contribution in [2.24, 2.45) is 0 Å². The number of nitrogens with one attached hydrogen (secondary N) is 1. The Hall–Kier alpha value is -1.35. The average molecular weight is 261 g/mol. The van der Waals surface area contributed by atoms with Crippen molar-refractivity contribution >= 4 is 11.6 Å². The summed E-state index contributed by atoms with van der Waals surface area (Å²) < 4.78 is 0. The molecule has 3 heteroatoms. The van der Waals surface area contributed by atoms with Gasteiger partial charge in [-0.1, -0.05) is 31.4 Å². The number of rotatable bonds is 3. The van der Waals surface area contributed by atoms with Crippen LogP contribution in [-0.2, 0) is 4.79 Å². The van der Waals surface area contributed by atoms with Crippen LogP contribution in [0, 0.1) is 0 Å². The Kier molecular flexibility index (Phi) is 4.25. The summed E-state index contributed by atoms with van der Waals surface area (Å²) in [5.41, 5.74) is 0.759. The molecule has 19 heavy (non-hydrogen) atoms. The third-order valence-electron chi connectivity index (χ3n) is 3.80. The molecule has 104 valence electrons. The molecule has 0 radical (unpaired) electrons. The van der Waals surface area contributed by atoms with Crippen LogP contribution in [0.5, 0.6) is 0 Å². The highest BCUT2D eigenvalue weighted by Gasteiger charge is 2.23. The van der Waals surface area contributed by atoms with Crippen molar-refractivity contribution < 1.29 is 9.90 Å². The fourth-order valence-corrected chi connectivity index (χ4v) is 2.56. The first-order valence-corrected chi connectivity index (χ1v) is 7.10. The molecular formula is C16H23NO2. The summed E-state index contributed by atoms with van der Waals surface area (Å²) in [6.07, 6.45) is 6.55. The molecule has 2 rings (SSSR count). The molecule has 2 N–H and O–H groups in total. The van der Waals surface area contributed by atoms with Crippen molar-refractivity contribution in [3.05, 3.63) is 29.8 Å². The minimum atomic E-state index is -1.35. The molecule has 1 saturated carbocycles. The van der Waals surface area contributed by atoms with E-state index in [1.807, 2.05) is 12.1 Å². The maximum atomic E-state index is 11.7. The first-order chi connectivity index (χ1) is 8.97. The normalized spacial score (nSPS) is 17.2. The van der Waals surface area contributed by atoms with Crippen molar-refractivity contribution in [3.8, 4) is 0 Å². The van der Waals surface area contributed by atoms with Gasteiger partial charge in [0.2, 0.25) is 0 Å². The third kappa shape index (κ3) is 3.80. The van der Waals surface area contributed by atoms with Gasteiger partial charge in [0.15, 0.2) is 0 Å².